The van der Waals surface area contributed by atoms with Gasteiger partial charge in [0.1, 0.15) is 17.9 Å². The Kier molecular flexibility index (Phi) is 6.67. The predicted molar refractivity (Wildman–Crippen MR) is 152 cm³/mol. The normalized spacial score (nSPS) is 21.2. The number of fused-ring (bicyclic) bond motifs is 3. The second-order valence-electron chi connectivity index (χ2n) is 11.3. The van der Waals surface area contributed by atoms with Gasteiger partial charge in [-0.25, -0.2) is 4.79 Å². The van der Waals surface area contributed by atoms with Crippen LogP contribution in [0.3, 0.4) is 0 Å². The Morgan fingerprint density at radius 3 is 2.77 bits per heavy atom. The molecule has 1 aromatic heterocycles. The number of amides is 1. The standard InChI is InChI=1S/C33H35NO5/c1-21-10-11-23-7-3-4-9-27(23)29(21)20-38-25-12-13-26-22(2)28(32(36)39-30(26)17-25)18-31(35)34-16-15-33(37)14-6-5-8-24(33)19-34/h3-4,7,9-13,17,24,37H,5-6,8,14-16,18-20H2,1-2H3/t24-,33+/m1/s1. The minimum Gasteiger partial charge on any atom is -0.489 e. The van der Waals surface area contributed by atoms with Gasteiger partial charge in [-0.15, -0.1) is 0 Å². The first-order valence-corrected chi connectivity index (χ1v) is 14.0. The van der Waals surface area contributed by atoms with Crippen molar-refractivity contribution < 1.29 is 19.1 Å². The van der Waals surface area contributed by atoms with Gasteiger partial charge in [0.2, 0.25) is 5.91 Å². The zero-order chi connectivity index (χ0) is 27.1. The predicted octanol–water partition coefficient (Wildman–Crippen LogP) is 5.84. The Morgan fingerprint density at radius 2 is 1.90 bits per heavy atom. The van der Waals surface area contributed by atoms with Crippen LogP contribution in [-0.2, 0) is 17.8 Å². The smallest absolute Gasteiger partial charge is 0.340 e. The lowest BCUT2D eigenvalue weighted by atomic mass is 9.71. The zero-order valence-electron chi connectivity index (χ0n) is 22.7. The number of piperidine rings is 1. The fraction of sp³-hybridized carbons (Fsp3) is 0.394. The molecule has 2 aliphatic rings. The van der Waals surface area contributed by atoms with Crippen molar-refractivity contribution in [2.45, 2.75) is 64.6 Å². The molecule has 1 saturated carbocycles. The van der Waals surface area contributed by atoms with E-state index in [2.05, 4.69) is 31.2 Å². The van der Waals surface area contributed by atoms with Gasteiger partial charge >= 0.3 is 5.63 Å². The van der Waals surface area contributed by atoms with Gasteiger partial charge in [-0.3, -0.25) is 4.79 Å². The Hall–Kier alpha value is -3.64. The summed E-state index contributed by atoms with van der Waals surface area (Å²) in [7, 11) is 0. The Labute approximate surface area is 228 Å². The molecule has 6 nitrogen and oxygen atoms in total. The quantitative estimate of drug-likeness (QED) is 0.331. The van der Waals surface area contributed by atoms with Crippen LogP contribution >= 0.6 is 0 Å². The molecule has 0 bridgehead atoms. The number of hydrogen-bond donors (Lipinski definition) is 1. The molecule has 2 atom stereocenters. The highest BCUT2D eigenvalue weighted by Crippen LogP contribution is 2.40. The molecule has 2 heterocycles. The highest BCUT2D eigenvalue weighted by atomic mass is 16.5. The molecule has 1 aliphatic heterocycles. The van der Waals surface area contributed by atoms with Crippen molar-refractivity contribution in [3.8, 4) is 5.75 Å². The van der Waals surface area contributed by atoms with Crippen LogP contribution in [0.5, 0.6) is 5.75 Å². The van der Waals surface area contributed by atoms with Crippen LogP contribution in [0.4, 0.5) is 0 Å². The molecule has 1 saturated heterocycles. The van der Waals surface area contributed by atoms with Crippen LogP contribution in [-0.4, -0.2) is 34.6 Å². The molecular formula is C33H35NO5. The van der Waals surface area contributed by atoms with Gasteiger partial charge in [0.15, 0.2) is 0 Å². The van der Waals surface area contributed by atoms with E-state index in [1.165, 1.54) is 5.39 Å². The Balaban J connectivity index is 1.20. The van der Waals surface area contributed by atoms with Gasteiger partial charge in [0.05, 0.1) is 17.6 Å². The van der Waals surface area contributed by atoms with Gasteiger partial charge in [-0.2, -0.15) is 0 Å². The van der Waals surface area contributed by atoms with Crippen molar-refractivity contribution in [1.29, 1.82) is 0 Å². The summed E-state index contributed by atoms with van der Waals surface area (Å²) in [5.41, 5.74) is 2.78. The molecule has 4 aromatic rings. The fourth-order valence-electron chi connectivity index (χ4n) is 6.52. The first-order chi connectivity index (χ1) is 18.8. The van der Waals surface area contributed by atoms with Gasteiger partial charge in [-0.1, -0.05) is 49.2 Å². The van der Waals surface area contributed by atoms with Crippen LogP contribution in [0.25, 0.3) is 21.7 Å². The van der Waals surface area contributed by atoms with Crippen LogP contribution in [0.15, 0.2) is 63.8 Å². The molecule has 2 fully saturated rings. The maximum atomic E-state index is 13.2. The maximum absolute atomic E-state index is 13.2. The molecule has 202 valence electrons. The summed E-state index contributed by atoms with van der Waals surface area (Å²) in [4.78, 5) is 28.1. The number of carbonyl (C=O) groups excluding carboxylic acids is 1. The number of ether oxygens (including phenoxy) is 1. The van der Waals surface area contributed by atoms with E-state index < -0.39 is 11.2 Å². The SMILES string of the molecule is Cc1ccc2ccccc2c1COc1ccc2c(C)c(CC(=O)N3CC[C@@]4(O)CCCC[C@@H]4C3)c(=O)oc2c1. The average Bonchev–Trinajstić information content (AvgIpc) is 2.94. The lowest BCUT2D eigenvalue weighted by Crippen LogP contribution is -2.55. The third-order valence-corrected chi connectivity index (χ3v) is 9.03. The van der Waals surface area contributed by atoms with E-state index in [1.807, 2.05) is 36.1 Å². The van der Waals surface area contributed by atoms with Crippen molar-refractivity contribution in [3.05, 3.63) is 87.3 Å². The second-order valence-corrected chi connectivity index (χ2v) is 11.3. The largest absolute Gasteiger partial charge is 0.489 e. The molecule has 1 aliphatic carbocycles. The molecule has 6 rings (SSSR count). The monoisotopic (exact) mass is 525 g/mol. The molecular weight excluding hydrogens is 490 g/mol. The first kappa shape index (κ1) is 25.6. The molecule has 0 radical (unpaired) electrons. The number of nitrogens with zero attached hydrogens (tertiary/aromatic N) is 1. The van der Waals surface area contributed by atoms with E-state index in [1.54, 1.807) is 6.07 Å². The molecule has 1 amide bonds. The topological polar surface area (TPSA) is 80.0 Å². The minimum atomic E-state index is -0.640. The Bertz CT molecular complexity index is 1620. The second kappa shape index (κ2) is 10.2. The van der Waals surface area contributed by atoms with Crippen LogP contribution in [0, 0.1) is 19.8 Å². The number of rotatable bonds is 5. The lowest BCUT2D eigenvalue weighted by Gasteiger charge is -2.47. The Morgan fingerprint density at radius 1 is 1.05 bits per heavy atom. The van der Waals surface area contributed by atoms with Gasteiger partial charge in [-0.05, 0) is 67.1 Å². The van der Waals surface area contributed by atoms with E-state index in [9.17, 15) is 14.7 Å². The van der Waals surface area contributed by atoms with Crippen molar-refractivity contribution >= 4 is 27.6 Å². The summed E-state index contributed by atoms with van der Waals surface area (Å²) < 4.78 is 11.9. The number of likely N-dealkylation sites (tertiary alicyclic amines) is 1. The molecule has 3 aromatic carbocycles. The number of aryl methyl sites for hydroxylation is 2. The van der Waals surface area contributed by atoms with Crippen LogP contribution in [0.1, 0.15) is 54.4 Å². The summed E-state index contributed by atoms with van der Waals surface area (Å²) in [5.74, 6) is 0.659. The van der Waals surface area contributed by atoms with Crippen molar-refractivity contribution in [3.63, 3.8) is 0 Å². The zero-order valence-corrected chi connectivity index (χ0v) is 22.7. The van der Waals surface area contributed by atoms with Crippen molar-refractivity contribution in [1.82, 2.24) is 4.90 Å². The van der Waals surface area contributed by atoms with E-state index in [0.29, 0.717) is 43.0 Å². The number of carbonyl (C=O) groups is 1. The lowest BCUT2D eigenvalue weighted by molar-refractivity contribution is -0.142. The summed E-state index contributed by atoms with van der Waals surface area (Å²) >= 11 is 0. The molecule has 39 heavy (non-hydrogen) atoms. The maximum Gasteiger partial charge on any atom is 0.340 e. The first-order valence-electron chi connectivity index (χ1n) is 14.0. The van der Waals surface area contributed by atoms with Gasteiger partial charge in [0, 0.05) is 36.0 Å². The highest BCUT2D eigenvalue weighted by Gasteiger charge is 2.43. The van der Waals surface area contributed by atoms with Crippen LogP contribution in [0.2, 0.25) is 0 Å². The highest BCUT2D eigenvalue weighted by molar-refractivity contribution is 5.87. The fourth-order valence-corrected chi connectivity index (χ4v) is 6.52. The third kappa shape index (κ3) is 4.82. The number of benzene rings is 3. The van der Waals surface area contributed by atoms with E-state index in [4.69, 9.17) is 9.15 Å². The van der Waals surface area contributed by atoms with E-state index in [0.717, 1.165) is 53.1 Å². The number of hydrogen-bond acceptors (Lipinski definition) is 5. The minimum absolute atomic E-state index is 0.00780. The van der Waals surface area contributed by atoms with Crippen LogP contribution < -0.4 is 10.4 Å². The van der Waals surface area contributed by atoms with Gasteiger partial charge < -0.3 is 19.2 Å². The average molecular weight is 526 g/mol. The summed E-state index contributed by atoms with van der Waals surface area (Å²) in [6.45, 7) is 5.44. The van der Waals surface area contributed by atoms with E-state index in [-0.39, 0.29) is 18.2 Å². The molecule has 1 N–H and O–H groups in total. The number of aliphatic hydroxyl groups is 1. The molecule has 0 spiro atoms. The van der Waals surface area contributed by atoms with Gasteiger partial charge in [0.25, 0.3) is 0 Å². The van der Waals surface area contributed by atoms with Crippen molar-refractivity contribution in [2.24, 2.45) is 5.92 Å². The summed E-state index contributed by atoms with van der Waals surface area (Å²) in [5, 5.41) is 14.1. The summed E-state index contributed by atoms with van der Waals surface area (Å²) in [6.07, 6.45) is 4.52. The van der Waals surface area contributed by atoms with E-state index >= 15 is 0 Å². The molecule has 0 unspecified atom stereocenters. The summed E-state index contributed by atoms with van der Waals surface area (Å²) in [6, 6.07) is 18.0. The molecule has 6 heteroatoms. The third-order valence-electron chi connectivity index (χ3n) is 9.03. The van der Waals surface area contributed by atoms with Crippen molar-refractivity contribution in [2.75, 3.05) is 13.1 Å².